The van der Waals surface area contributed by atoms with Gasteiger partial charge in [0, 0.05) is 44.8 Å². The van der Waals surface area contributed by atoms with E-state index < -0.39 is 10.0 Å². The zero-order valence-electron chi connectivity index (χ0n) is 18.1. The highest BCUT2D eigenvalue weighted by Crippen LogP contribution is 2.46. The molecule has 1 aromatic carbocycles. The van der Waals surface area contributed by atoms with Crippen LogP contribution in [0.4, 0.5) is 0 Å². The van der Waals surface area contributed by atoms with Crippen LogP contribution in [0.3, 0.4) is 0 Å². The van der Waals surface area contributed by atoms with E-state index in [1.54, 1.807) is 4.31 Å². The molecule has 0 bridgehead atoms. The number of carbonyl (C=O) groups is 1. The van der Waals surface area contributed by atoms with E-state index in [-0.39, 0.29) is 29.1 Å². The third-order valence-electron chi connectivity index (χ3n) is 6.59. The molecule has 0 aromatic heterocycles. The molecular formula is C23H34N2O4S. The lowest BCUT2D eigenvalue weighted by atomic mass is 9.76. The van der Waals surface area contributed by atoms with Crippen LogP contribution in [0.25, 0.3) is 0 Å². The molecule has 1 aliphatic carbocycles. The highest BCUT2D eigenvalue weighted by molar-refractivity contribution is 7.89. The number of benzene rings is 1. The summed E-state index contributed by atoms with van der Waals surface area (Å²) in [6.45, 7) is 5.62. The van der Waals surface area contributed by atoms with Crippen LogP contribution in [0.5, 0.6) is 5.75 Å². The van der Waals surface area contributed by atoms with E-state index in [2.05, 4.69) is 11.4 Å². The van der Waals surface area contributed by atoms with Crippen molar-refractivity contribution in [2.24, 2.45) is 11.8 Å². The van der Waals surface area contributed by atoms with Crippen LogP contribution in [0.1, 0.15) is 63.9 Å². The van der Waals surface area contributed by atoms with Gasteiger partial charge in [-0.3, -0.25) is 4.79 Å². The summed E-state index contributed by atoms with van der Waals surface area (Å²) in [5.41, 5.74) is 0.708. The average molecular weight is 435 g/mol. The molecule has 1 spiro atoms. The number of fused-ring (bicyclic) bond motifs is 1. The van der Waals surface area contributed by atoms with Crippen molar-refractivity contribution in [3.63, 3.8) is 0 Å². The molecule has 0 radical (unpaired) electrons. The number of nitrogens with one attached hydrogen (secondary N) is 1. The summed E-state index contributed by atoms with van der Waals surface area (Å²) >= 11 is 0. The summed E-state index contributed by atoms with van der Waals surface area (Å²) in [6, 6.07) is 8.00. The van der Waals surface area contributed by atoms with Gasteiger partial charge in [0.05, 0.1) is 5.75 Å². The predicted molar refractivity (Wildman–Crippen MR) is 117 cm³/mol. The molecule has 1 amide bonds. The van der Waals surface area contributed by atoms with E-state index in [9.17, 15) is 13.2 Å². The molecule has 30 heavy (non-hydrogen) atoms. The van der Waals surface area contributed by atoms with Crippen molar-refractivity contribution in [2.45, 2.75) is 63.9 Å². The monoisotopic (exact) mass is 434 g/mol. The van der Waals surface area contributed by atoms with Gasteiger partial charge in [0.1, 0.15) is 11.4 Å². The number of hydrogen-bond donors (Lipinski definition) is 1. The maximum absolute atomic E-state index is 12.6. The van der Waals surface area contributed by atoms with E-state index in [4.69, 9.17) is 4.74 Å². The Bertz CT molecular complexity index is 871. The average Bonchev–Trinajstić information content (AvgIpc) is 3.50. The quantitative estimate of drug-likeness (QED) is 0.715. The maximum atomic E-state index is 12.6. The van der Waals surface area contributed by atoms with E-state index in [1.165, 1.54) is 12.8 Å². The minimum Gasteiger partial charge on any atom is -0.487 e. The lowest BCUT2D eigenvalue weighted by Crippen LogP contribution is -2.52. The van der Waals surface area contributed by atoms with Crippen LogP contribution < -0.4 is 10.1 Å². The summed E-state index contributed by atoms with van der Waals surface area (Å²) in [6.07, 6.45) is 5.00. The van der Waals surface area contributed by atoms with Crippen LogP contribution in [0.15, 0.2) is 24.3 Å². The number of piperidine rings is 1. The Morgan fingerprint density at radius 2 is 1.93 bits per heavy atom. The number of sulfonamides is 1. The number of rotatable bonds is 7. The fourth-order valence-corrected chi connectivity index (χ4v) is 6.60. The number of hydrogen-bond acceptors (Lipinski definition) is 4. The van der Waals surface area contributed by atoms with Gasteiger partial charge in [-0.25, -0.2) is 12.7 Å². The zero-order chi connectivity index (χ0) is 21.4. The van der Waals surface area contributed by atoms with Gasteiger partial charge in [0.15, 0.2) is 0 Å². The molecule has 1 N–H and O–H groups in total. The van der Waals surface area contributed by atoms with Crippen molar-refractivity contribution in [3.8, 4) is 5.75 Å². The summed E-state index contributed by atoms with van der Waals surface area (Å²) in [4.78, 5) is 12.6. The van der Waals surface area contributed by atoms with Crippen LogP contribution in [-0.2, 0) is 14.8 Å². The Hall–Kier alpha value is -1.60. The van der Waals surface area contributed by atoms with Gasteiger partial charge in [-0.15, -0.1) is 0 Å². The number of para-hydroxylation sites is 1. The Labute approximate surface area is 180 Å². The second-order valence-corrected chi connectivity index (χ2v) is 11.8. The van der Waals surface area contributed by atoms with E-state index >= 15 is 0 Å². The van der Waals surface area contributed by atoms with E-state index in [0.717, 1.165) is 24.3 Å². The Kier molecular flexibility index (Phi) is 6.13. The second-order valence-electron chi connectivity index (χ2n) is 9.75. The lowest BCUT2D eigenvalue weighted by Gasteiger charge is -2.46. The smallest absolute Gasteiger partial charge is 0.220 e. The van der Waals surface area contributed by atoms with Crippen LogP contribution >= 0.6 is 0 Å². The zero-order valence-corrected chi connectivity index (χ0v) is 18.9. The molecule has 3 aliphatic rings. The number of carbonyl (C=O) groups excluding carboxylic acids is 1. The molecule has 7 heteroatoms. The van der Waals surface area contributed by atoms with Gasteiger partial charge in [-0.1, -0.05) is 32.0 Å². The first-order chi connectivity index (χ1) is 14.3. The number of ether oxygens (including phenoxy) is 1. The summed E-state index contributed by atoms with van der Waals surface area (Å²) in [7, 11) is -3.23. The molecule has 2 fully saturated rings. The molecule has 166 valence electrons. The van der Waals surface area contributed by atoms with Gasteiger partial charge in [0.2, 0.25) is 15.9 Å². The van der Waals surface area contributed by atoms with E-state index in [1.807, 2.05) is 32.0 Å². The Morgan fingerprint density at radius 3 is 2.60 bits per heavy atom. The SMILES string of the molecule is CC(C)CS(=O)(=O)N1CCC2(CC1)CC(CC(=O)NCC1CC1)c1ccccc1O2. The van der Waals surface area contributed by atoms with Gasteiger partial charge >= 0.3 is 0 Å². The Morgan fingerprint density at radius 1 is 1.23 bits per heavy atom. The van der Waals surface area contributed by atoms with Crippen LogP contribution in [0, 0.1) is 11.8 Å². The standard InChI is InChI=1S/C23H34N2O4S/c1-17(2)16-30(27,28)25-11-9-23(10-12-25)14-19(13-22(26)24-15-18-7-8-18)20-5-3-4-6-21(20)29-23/h3-6,17-19H,7-16H2,1-2H3,(H,24,26). The predicted octanol–water partition coefficient (Wildman–Crippen LogP) is 3.29. The fraction of sp³-hybridized carbons (Fsp3) is 0.696. The molecule has 1 saturated carbocycles. The largest absolute Gasteiger partial charge is 0.487 e. The molecule has 1 saturated heterocycles. The summed E-state index contributed by atoms with van der Waals surface area (Å²) in [5, 5.41) is 3.09. The van der Waals surface area contributed by atoms with Gasteiger partial charge < -0.3 is 10.1 Å². The molecule has 2 aliphatic heterocycles. The first kappa shape index (κ1) is 21.6. The van der Waals surface area contributed by atoms with Crippen molar-refractivity contribution < 1.29 is 17.9 Å². The first-order valence-corrected chi connectivity index (χ1v) is 12.9. The third kappa shape index (κ3) is 4.99. The molecular weight excluding hydrogens is 400 g/mol. The minimum absolute atomic E-state index is 0.105. The molecule has 1 aromatic rings. The van der Waals surface area contributed by atoms with Gasteiger partial charge in [-0.2, -0.15) is 0 Å². The lowest BCUT2D eigenvalue weighted by molar-refractivity contribution is -0.122. The molecule has 1 unspecified atom stereocenters. The van der Waals surface area contributed by atoms with Crippen molar-refractivity contribution >= 4 is 15.9 Å². The first-order valence-electron chi connectivity index (χ1n) is 11.3. The highest BCUT2D eigenvalue weighted by Gasteiger charge is 2.45. The topological polar surface area (TPSA) is 75.7 Å². The van der Waals surface area contributed by atoms with Crippen molar-refractivity contribution in [1.82, 2.24) is 9.62 Å². The number of amides is 1. The van der Waals surface area contributed by atoms with Crippen LogP contribution in [-0.4, -0.2) is 49.6 Å². The van der Waals surface area contributed by atoms with E-state index in [0.29, 0.717) is 38.3 Å². The van der Waals surface area contributed by atoms with Crippen molar-refractivity contribution in [3.05, 3.63) is 29.8 Å². The molecule has 1 atom stereocenters. The molecule has 4 rings (SSSR count). The maximum Gasteiger partial charge on any atom is 0.220 e. The molecule has 6 nitrogen and oxygen atoms in total. The normalized spacial score (nSPS) is 23.8. The van der Waals surface area contributed by atoms with Crippen LogP contribution in [0.2, 0.25) is 0 Å². The number of nitrogens with zero attached hydrogens (tertiary/aromatic N) is 1. The summed E-state index contributed by atoms with van der Waals surface area (Å²) < 4.78 is 33.4. The highest BCUT2D eigenvalue weighted by atomic mass is 32.2. The second kappa shape index (κ2) is 8.50. The van der Waals surface area contributed by atoms with Crippen molar-refractivity contribution in [1.29, 1.82) is 0 Å². The van der Waals surface area contributed by atoms with Crippen molar-refractivity contribution in [2.75, 3.05) is 25.4 Å². The fourth-order valence-electron chi connectivity index (χ4n) is 4.81. The minimum atomic E-state index is -3.23. The van der Waals surface area contributed by atoms with Gasteiger partial charge in [-0.05, 0) is 42.7 Å². The summed E-state index contributed by atoms with van der Waals surface area (Å²) in [5.74, 6) is 2.03. The molecule has 2 heterocycles. The Balaban J connectivity index is 1.45. The third-order valence-corrected chi connectivity index (χ3v) is 8.83. The van der Waals surface area contributed by atoms with Gasteiger partial charge in [0.25, 0.3) is 0 Å².